The smallest absolute Gasteiger partial charge is 0.410 e. The highest BCUT2D eigenvalue weighted by atomic mass is 127. The van der Waals surface area contributed by atoms with E-state index in [1.54, 1.807) is 0 Å². The van der Waals surface area contributed by atoms with Crippen LogP contribution >= 0.6 is 24.0 Å². The quantitative estimate of drug-likeness (QED) is 0.202. The fourth-order valence-corrected chi connectivity index (χ4v) is 4.57. The molecule has 7 nitrogen and oxygen atoms in total. The van der Waals surface area contributed by atoms with Gasteiger partial charge < -0.3 is 24.6 Å². The Bertz CT molecular complexity index is 593. The first-order valence-corrected chi connectivity index (χ1v) is 12.4. The van der Waals surface area contributed by atoms with Crippen LogP contribution in [0.25, 0.3) is 0 Å². The Balaban J connectivity index is 0.00000363. The van der Waals surface area contributed by atoms with E-state index in [4.69, 9.17) is 9.47 Å². The van der Waals surface area contributed by atoms with Gasteiger partial charge in [-0.3, -0.25) is 4.99 Å². The summed E-state index contributed by atoms with van der Waals surface area (Å²) >= 11 is 0. The Labute approximate surface area is 212 Å². The fraction of sp³-hybridized carbons (Fsp3) is 0.917. The summed E-state index contributed by atoms with van der Waals surface area (Å²) in [4.78, 5) is 21.6. The summed E-state index contributed by atoms with van der Waals surface area (Å²) in [5, 5.41) is 3.50. The Kier molecular flexibility index (Phi) is 11.3. The van der Waals surface area contributed by atoms with Crippen LogP contribution in [0.3, 0.4) is 0 Å². The van der Waals surface area contributed by atoms with E-state index in [2.05, 4.69) is 15.2 Å². The van der Waals surface area contributed by atoms with Crippen molar-refractivity contribution in [3.63, 3.8) is 0 Å². The average Bonchev–Trinajstić information content (AvgIpc) is 3.40. The minimum absolute atomic E-state index is 0. The Hall–Kier alpha value is -0.770. The Morgan fingerprint density at radius 3 is 2.31 bits per heavy atom. The van der Waals surface area contributed by atoms with E-state index in [-0.39, 0.29) is 36.1 Å². The maximum absolute atomic E-state index is 12.8. The van der Waals surface area contributed by atoms with Crippen molar-refractivity contribution in [1.29, 1.82) is 0 Å². The number of nitrogens with one attached hydrogen (secondary N) is 1. The van der Waals surface area contributed by atoms with Crippen molar-refractivity contribution in [2.24, 2.45) is 10.9 Å². The second-order valence-electron chi connectivity index (χ2n) is 10.4. The number of ether oxygens (including phenoxy) is 2. The van der Waals surface area contributed by atoms with Gasteiger partial charge in [0.05, 0.1) is 6.10 Å². The number of hydrogen-bond acceptors (Lipinski definition) is 4. The molecule has 1 amide bonds. The summed E-state index contributed by atoms with van der Waals surface area (Å²) in [5.41, 5.74) is -0.451. The number of halogens is 1. The van der Waals surface area contributed by atoms with Gasteiger partial charge in [0.2, 0.25) is 0 Å². The largest absolute Gasteiger partial charge is 0.444 e. The molecule has 0 aromatic rings. The van der Waals surface area contributed by atoms with Crippen LogP contribution < -0.4 is 5.32 Å². The molecule has 0 unspecified atom stereocenters. The minimum Gasteiger partial charge on any atom is -0.444 e. The average molecular weight is 565 g/mol. The Morgan fingerprint density at radius 1 is 1.09 bits per heavy atom. The van der Waals surface area contributed by atoms with Gasteiger partial charge >= 0.3 is 6.09 Å². The lowest BCUT2D eigenvalue weighted by Gasteiger charge is -2.40. The van der Waals surface area contributed by atoms with E-state index < -0.39 is 5.60 Å². The van der Waals surface area contributed by atoms with Crippen molar-refractivity contribution in [3.8, 4) is 0 Å². The van der Waals surface area contributed by atoms with Gasteiger partial charge in [0.15, 0.2) is 5.96 Å². The van der Waals surface area contributed by atoms with Gasteiger partial charge in [0.1, 0.15) is 5.60 Å². The minimum atomic E-state index is -0.451. The van der Waals surface area contributed by atoms with Crippen LogP contribution in [0.5, 0.6) is 0 Å². The molecule has 1 saturated heterocycles. The van der Waals surface area contributed by atoms with Crippen LogP contribution in [0, 0.1) is 5.92 Å². The number of amides is 1. The molecule has 3 rings (SSSR count). The van der Waals surface area contributed by atoms with Gasteiger partial charge in [-0.1, -0.05) is 12.8 Å². The molecular weight excluding hydrogens is 519 g/mol. The van der Waals surface area contributed by atoms with Gasteiger partial charge in [-0.05, 0) is 71.6 Å². The molecule has 2 saturated carbocycles. The molecule has 0 aromatic heterocycles. The van der Waals surface area contributed by atoms with Gasteiger partial charge in [-0.25, -0.2) is 4.79 Å². The summed E-state index contributed by atoms with van der Waals surface area (Å²) in [7, 11) is 1.85. The highest BCUT2D eigenvalue weighted by Crippen LogP contribution is 2.32. The molecule has 0 aromatic carbocycles. The summed E-state index contributed by atoms with van der Waals surface area (Å²) in [6.45, 7) is 10.2. The molecule has 32 heavy (non-hydrogen) atoms. The topological polar surface area (TPSA) is 66.4 Å². The zero-order chi connectivity index (χ0) is 22.3. The highest BCUT2D eigenvalue weighted by Gasteiger charge is 2.35. The summed E-state index contributed by atoms with van der Waals surface area (Å²) in [5.74, 6) is 1.62. The van der Waals surface area contributed by atoms with Crippen LogP contribution in [0.2, 0.25) is 0 Å². The van der Waals surface area contributed by atoms with E-state index in [0.29, 0.717) is 12.0 Å². The van der Waals surface area contributed by atoms with Crippen molar-refractivity contribution >= 4 is 36.0 Å². The van der Waals surface area contributed by atoms with Crippen molar-refractivity contribution in [3.05, 3.63) is 0 Å². The molecule has 0 radical (unpaired) electrons. The first-order chi connectivity index (χ1) is 14.9. The molecule has 186 valence electrons. The number of nitrogens with zero attached hydrogens (tertiary/aromatic N) is 3. The number of aliphatic imine (C=N–C) groups is 1. The zero-order valence-corrected chi connectivity index (χ0v) is 22.9. The van der Waals surface area contributed by atoms with Crippen molar-refractivity contribution in [1.82, 2.24) is 15.1 Å². The summed E-state index contributed by atoms with van der Waals surface area (Å²) in [6, 6.07) is 0.254. The first-order valence-electron chi connectivity index (χ1n) is 12.4. The Morgan fingerprint density at radius 2 is 1.75 bits per heavy atom. The number of likely N-dealkylation sites (tertiary alicyclic amines) is 1. The third kappa shape index (κ3) is 9.23. The van der Waals surface area contributed by atoms with E-state index in [9.17, 15) is 4.79 Å². The molecule has 8 heteroatoms. The normalized spacial score (nSPS) is 20.8. The SMILES string of the molecule is CN=C(NCCCOC1CCCC1)N1CCC(N(CC2CC2)C(=O)OC(C)(C)C)CC1.I. The third-order valence-corrected chi connectivity index (χ3v) is 6.46. The maximum Gasteiger partial charge on any atom is 0.410 e. The molecule has 1 aliphatic heterocycles. The summed E-state index contributed by atoms with van der Waals surface area (Å²) in [6.07, 6.45) is 10.8. The predicted molar refractivity (Wildman–Crippen MR) is 140 cm³/mol. The van der Waals surface area contributed by atoms with Crippen LogP contribution in [0.15, 0.2) is 4.99 Å². The number of guanidine groups is 1. The molecule has 3 fully saturated rings. The third-order valence-electron chi connectivity index (χ3n) is 6.46. The first kappa shape index (κ1) is 27.5. The number of rotatable bonds is 8. The molecule has 3 aliphatic rings. The van der Waals surface area contributed by atoms with E-state index in [1.807, 2.05) is 32.7 Å². The summed E-state index contributed by atoms with van der Waals surface area (Å²) < 4.78 is 11.7. The number of hydrogen-bond donors (Lipinski definition) is 1. The lowest BCUT2D eigenvalue weighted by Crippen LogP contribution is -2.52. The lowest BCUT2D eigenvalue weighted by atomic mass is 10.0. The molecule has 0 spiro atoms. The molecule has 0 bridgehead atoms. The van der Waals surface area contributed by atoms with Crippen LogP contribution in [-0.4, -0.2) is 79.4 Å². The van der Waals surface area contributed by atoms with Gasteiger partial charge in [-0.15, -0.1) is 24.0 Å². The van der Waals surface area contributed by atoms with E-state index in [1.165, 1.54) is 38.5 Å². The van der Waals surface area contributed by atoms with Gasteiger partial charge in [0, 0.05) is 45.9 Å². The predicted octanol–water partition coefficient (Wildman–Crippen LogP) is 4.64. The fourth-order valence-electron chi connectivity index (χ4n) is 4.57. The van der Waals surface area contributed by atoms with Crippen molar-refractivity contribution in [2.75, 3.05) is 39.8 Å². The molecule has 1 N–H and O–H groups in total. The molecule has 1 heterocycles. The van der Waals surface area contributed by atoms with E-state index >= 15 is 0 Å². The number of carbonyl (C=O) groups is 1. The second kappa shape index (κ2) is 13.2. The maximum atomic E-state index is 12.8. The van der Waals surface area contributed by atoms with Crippen molar-refractivity contribution < 1.29 is 14.3 Å². The van der Waals surface area contributed by atoms with Crippen LogP contribution in [0.1, 0.15) is 78.6 Å². The molecular formula is C24H45IN4O3. The highest BCUT2D eigenvalue weighted by molar-refractivity contribution is 14.0. The second-order valence-corrected chi connectivity index (χ2v) is 10.4. The number of carbonyl (C=O) groups excluding carboxylic acids is 1. The van der Waals surface area contributed by atoms with Crippen LogP contribution in [-0.2, 0) is 9.47 Å². The van der Waals surface area contributed by atoms with Crippen molar-refractivity contribution in [2.45, 2.75) is 96.3 Å². The number of piperidine rings is 1. The van der Waals surface area contributed by atoms with E-state index in [0.717, 1.165) is 58.0 Å². The monoisotopic (exact) mass is 564 g/mol. The lowest BCUT2D eigenvalue weighted by molar-refractivity contribution is 0.00928. The standard InChI is InChI=1S/C24H44N4O3.HI/c1-24(2,3)31-23(29)28(18-19-10-11-19)20-12-15-27(16-13-20)22(25-4)26-14-7-17-30-21-8-5-6-9-21;/h19-21H,5-18H2,1-4H3,(H,25,26);1H. The zero-order valence-electron chi connectivity index (χ0n) is 20.6. The molecule has 0 atom stereocenters. The molecule has 2 aliphatic carbocycles. The van der Waals surface area contributed by atoms with Crippen LogP contribution in [0.4, 0.5) is 4.79 Å². The van der Waals surface area contributed by atoms with Gasteiger partial charge in [-0.2, -0.15) is 0 Å². The van der Waals surface area contributed by atoms with Gasteiger partial charge in [0.25, 0.3) is 0 Å².